The first-order valence-electron chi connectivity index (χ1n) is 9.98. The molecule has 0 bridgehead atoms. The quantitative estimate of drug-likeness (QED) is 0.465. The third-order valence-corrected chi connectivity index (χ3v) is 5.55. The number of piperidine rings is 1. The summed E-state index contributed by atoms with van der Waals surface area (Å²) in [4.78, 5) is 64.5. The predicted octanol–water partition coefficient (Wildman–Crippen LogP) is 0.745. The fourth-order valence-corrected chi connectivity index (χ4v) is 3.79. The number of carbonyl (C=O) groups excluding carboxylic acids is 5. The van der Waals surface area contributed by atoms with Gasteiger partial charge in [-0.15, -0.1) is 0 Å². The number of benzene rings is 2. The molecule has 1 atom stereocenters. The van der Waals surface area contributed by atoms with Crippen LogP contribution < -0.4 is 21.3 Å². The van der Waals surface area contributed by atoms with E-state index in [2.05, 4.69) is 10.6 Å². The van der Waals surface area contributed by atoms with Gasteiger partial charge in [-0.25, -0.2) is 0 Å². The van der Waals surface area contributed by atoms with E-state index < -0.39 is 29.7 Å². The van der Waals surface area contributed by atoms with Gasteiger partial charge in [-0.1, -0.05) is 6.07 Å². The minimum absolute atomic E-state index is 0.0426. The normalized spacial score (nSPS) is 17.8. The second-order valence-corrected chi connectivity index (χ2v) is 7.57. The monoisotopic (exact) mass is 435 g/mol. The maximum atomic E-state index is 13.1. The van der Waals surface area contributed by atoms with Crippen LogP contribution in [0.2, 0.25) is 0 Å². The third-order valence-electron chi connectivity index (χ3n) is 5.55. The van der Waals surface area contributed by atoms with Crippen molar-refractivity contribution < 1.29 is 24.0 Å². The lowest BCUT2D eigenvalue weighted by Crippen LogP contribution is -2.54. The maximum absolute atomic E-state index is 13.1. The number of likely N-dealkylation sites (N-methyl/N-ethyl adjacent to an activating group) is 1. The van der Waals surface area contributed by atoms with E-state index in [1.807, 2.05) is 0 Å². The molecule has 0 aromatic heterocycles. The molecule has 0 radical (unpaired) electrons. The first-order chi connectivity index (χ1) is 15.3. The maximum Gasteiger partial charge on any atom is 0.264 e. The summed E-state index contributed by atoms with van der Waals surface area (Å²) >= 11 is 0. The molecular formula is C22H21N5O5. The van der Waals surface area contributed by atoms with E-state index in [9.17, 15) is 24.0 Å². The number of fused-ring (bicyclic) bond motifs is 1. The van der Waals surface area contributed by atoms with Crippen molar-refractivity contribution in [3.8, 4) is 0 Å². The van der Waals surface area contributed by atoms with E-state index in [0.29, 0.717) is 17.1 Å². The first kappa shape index (κ1) is 21.0. The van der Waals surface area contributed by atoms with Crippen molar-refractivity contribution >= 4 is 46.6 Å². The molecule has 0 aliphatic carbocycles. The molecule has 4 N–H and O–H groups in total. The van der Waals surface area contributed by atoms with Gasteiger partial charge >= 0.3 is 0 Å². The van der Waals surface area contributed by atoms with Crippen LogP contribution in [-0.2, 0) is 14.4 Å². The number of carbonyl (C=O) groups is 5. The lowest BCUT2D eigenvalue weighted by Gasteiger charge is -2.27. The summed E-state index contributed by atoms with van der Waals surface area (Å²) in [7, 11) is 1.62. The fourth-order valence-electron chi connectivity index (χ4n) is 3.79. The number of imide groups is 2. The number of nitrogens with one attached hydrogen (secondary N) is 2. The number of rotatable bonds is 5. The molecule has 2 aromatic rings. The summed E-state index contributed by atoms with van der Waals surface area (Å²) < 4.78 is 0. The molecule has 0 saturated carbocycles. The molecular weight excluding hydrogens is 414 g/mol. The van der Waals surface area contributed by atoms with Crippen molar-refractivity contribution in [3.05, 3.63) is 53.6 Å². The number of amides is 5. The number of hydrogen-bond donors (Lipinski definition) is 3. The molecule has 32 heavy (non-hydrogen) atoms. The van der Waals surface area contributed by atoms with Gasteiger partial charge < -0.3 is 16.0 Å². The Hall–Kier alpha value is -4.21. The largest absolute Gasteiger partial charge is 0.399 e. The van der Waals surface area contributed by atoms with Gasteiger partial charge in [0.2, 0.25) is 17.7 Å². The van der Waals surface area contributed by atoms with E-state index >= 15 is 0 Å². The summed E-state index contributed by atoms with van der Waals surface area (Å²) in [6.07, 6.45) is 0.116. The molecule has 0 spiro atoms. The molecule has 2 aliphatic rings. The zero-order valence-corrected chi connectivity index (χ0v) is 17.3. The Kier molecular flexibility index (Phi) is 5.35. The smallest absolute Gasteiger partial charge is 0.264 e. The van der Waals surface area contributed by atoms with Crippen LogP contribution in [0, 0.1) is 0 Å². The zero-order chi connectivity index (χ0) is 23.0. The van der Waals surface area contributed by atoms with Gasteiger partial charge in [0.15, 0.2) is 0 Å². The average Bonchev–Trinajstić information content (AvgIpc) is 3.03. The molecule has 5 amide bonds. The van der Waals surface area contributed by atoms with Crippen molar-refractivity contribution in [1.82, 2.24) is 10.2 Å². The van der Waals surface area contributed by atoms with Crippen LogP contribution in [0.3, 0.4) is 0 Å². The second-order valence-electron chi connectivity index (χ2n) is 7.57. The Morgan fingerprint density at radius 3 is 2.53 bits per heavy atom. The number of hydrogen-bond acceptors (Lipinski definition) is 7. The van der Waals surface area contributed by atoms with E-state index in [1.54, 1.807) is 43.4 Å². The van der Waals surface area contributed by atoms with Crippen molar-refractivity contribution in [3.63, 3.8) is 0 Å². The van der Waals surface area contributed by atoms with Gasteiger partial charge in [0, 0.05) is 30.5 Å². The highest BCUT2D eigenvalue weighted by Crippen LogP contribution is 2.32. The van der Waals surface area contributed by atoms with Crippen LogP contribution in [0.15, 0.2) is 42.5 Å². The number of nitrogens with zero attached hydrogens (tertiary/aromatic N) is 2. The minimum Gasteiger partial charge on any atom is -0.399 e. The van der Waals surface area contributed by atoms with E-state index in [4.69, 9.17) is 5.73 Å². The Morgan fingerprint density at radius 1 is 1.12 bits per heavy atom. The van der Waals surface area contributed by atoms with Crippen LogP contribution in [0.4, 0.5) is 17.1 Å². The van der Waals surface area contributed by atoms with E-state index in [0.717, 1.165) is 4.90 Å². The summed E-state index contributed by atoms with van der Waals surface area (Å²) in [6.45, 7) is -0.128. The molecule has 10 heteroatoms. The molecule has 10 nitrogen and oxygen atoms in total. The zero-order valence-electron chi connectivity index (χ0n) is 17.3. The standard InChI is InChI=1S/C22H21N5O5/c1-26(13-7-5-12(23)6-8-13)18(29)11-24-15-4-2-3-14-19(15)22(32)27(21(14)31)16-9-10-17(28)25-20(16)30/h2-8,16,24H,9-11,23H2,1H3,(H,25,28,30). The fraction of sp³-hybridized carbons (Fsp3) is 0.227. The van der Waals surface area contributed by atoms with E-state index in [1.165, 1.54) is 11.0 Å². The summed E-state index contributed by atoms with van der Waals surface area (Å²) in [5, 5.41) is 5.09. The van der Waals surface area contributed by atoms with Crippen molar-refractivity contribution in [2.45, 2.75) is 18.9 Å². The highest BCUT2D eigenvalue weighted by molar-refractivity contribution is 6.25. The first-order valence-corrected chi connectivity index (χ1v) is 9.98. The Balaban J connectivity index is 1.52. The summed E-state index contributed by atoms with van der Waals surface area (Å²) in [6, 6.07) is 10.4. The molecule has 1 saturated heterocycles. The minimum atomic E-state index is -1.05. The van der Waals surface area contributed by atoms with Gasteiger partial charge in [0.25, 0.3) is 11.8 Å². The second kappa shape index (κ2) is 8.14. The topological polar surface area (TPSA) is 142 Å². The SMILES string of the molecule is CN(C(=O)CNc1cccc2c1C(=O)N(C1CCC(=O)NC1=O)C2=O)c1ccc(N)cc1. The molecule has 1 unspecified atom stereocenters. The molecule has 4 rings (SSSR count). The lowest BCUT2D eigenvalue weighted by molar-refractivity contribution is -0.136. The van der Waals surface area contributed by atoms with Crippen LogP contribution >= 0.6 is 0 Å². The Morgan fingerprint density at radius 2 is 1.84 bits per heavy atom. The van der Waals surface area contributed by atoms with Gasteiger partial charge in [0.1, 0.15) is 6.04 Å². The van der Waals surface area contributed by atoms with Crippen LogP contribution in [0.25, 0.3) is 0 Å². The lowest BCUT2D eigenvalue weighted by atomic mass is 10.0. The molecule has 2 aliphatic heterocycles. The molecule has 1 fully saturated rings. The summed E-state index contributed by atoms with van der Waals surface area (Å²) in [5.41, 5.74) is 7.46. The number of anilines is 3. The van der Waals surface area contributed by atoms with E-state index in [-0.39, 0.29) is 36.4 Å². The molecule has 164 valence electrons. The van der Waals surface area contributed by atoms with Crippen LogP contribution in [-0.4, -0.2) is 54.1 Å². The van der Waals surface area contributed by atoms with Crippen molar-refractivity contribution in [2.24, 2.45) is 0 Å². The molecule has 2 heterocycles. The van der Waals surface area contributed by atoms with Gasteiger partial charge in [-0.2, -0.15) is 0 Å². The number of nitrogen functional groups attached to an aromatic ring is 1. The predicted molar refractivity (Wildman–Crippen MR) is 116 cm³/mol. The Bertz CT molecular complexity index is 1140. The van der Waals surface area contributed by atoms with Crippen LogP contribution in [0.5, 0.6) is 0 Å². The van der Waals surface area contributed by atoms with Crippen molar-refractivity contribution in [1.29, 1.82) is 0 Å². The highest BCUT2D eigenvalue weighted by atomic mass is 16.2. The number of nitrogens with two attached hydrogens (primary N) is 1. The third kappa shape index (κ3) is 3.66. The van der Waals surface area contributed by atoms with Crippen LogP contribution in [0.1, 0.15) is 33.6 Å². The van der Waals surface area contributed by atoms with Gasteiger partial charge in [-0.3, -0.25) is 34.2 Å². The van der Waals surface area contributed by atoms with Gasteiger partial charge in [-0.05, 0) is 42.8 Å². The van der Waals surface area contributed by atoms with Gasteiger partial charge in [0.05, 0.1) is 17.7 Å². The van der Waals surface area contributed by atoms with Crippen molar-refractivity contribution in [2.75, 3.05) is 29.5 Å². The highest BCUT2D eigenvalue weighted by Gasteiger charge is 2.45. The Labute approximate surface area is 183 Å². The average molecular weight is 435 g/mol. The molecule has 2 aromatic carbocycles. The summed E-state index contributed by atoms with van der Waals surface area (Å²) in [5.74, 6) is -2.62.